The van der Waals surface area contributed by atoms with Gasteiger partial charge in [0.1, 0.15) is 5.75 Å². The number of imidazole rings is 1. The molecule has 0 spiro atoms. The molecule has 0 saturated carbocycles. The molecule has 34 heavy (non-hydrogen) atoms. The first-order valence-electron chi connectivity index (χ1n) is 10.7. The van der Waals surface area contributed by atoms with Crippen molar-refractivity contribution in [3.8, 4) is 16.9 Å². The first-order valence-corrected chi connectivity index (χ1v) is 11.1. The minimum atomic E-state index is -0.301. The highest BCUT2D eigenvalue weighted by Crippen LogP contribution is 2.24. The monoisotopic (exact) mass is 473 g/mol. The number of hydrogen-bond acceptors (Lipinski definition) is 4. The Labute approximate surface area is 202 Å². The summed E-state index contributed by atoms with van der Waals surface area (Å²) in [5, 5.41) is 6.55. The van der Waals surface area contributed by atoms with Crippen LogP contribution in [0.2, 0.25) is 5.02 Å². The second-order valence-corrected chi connectivity index (χ2v) is 7.89. The van der Waals surface area contributed by atoms with Crippen LogP contribution >= 0.6 is 11.6 Å². The molecule has 1 amide bonds. The number of carbonyl (C=O) groups is 1. The summed E-state index contributed by atoms with van der Waals surface area (Å²) < 4.78 is 5.22. The number of amides is 1. The van der Waals surface area contributed by atoms with Crippen LogP contribution in [-0.4, -0.2) is 35.5 Å². The number of aliphatic imine (C=N–C) groups is 1. The van der Waals surface area contributed by atoms with Gasteiger partial charge in [0, 0.05) is 41.1 Å². The zero-order valence-electron chi connectivity index (χ0n) is 18.6. The van der Waals surface area contributed by atoms with Crippen LogP contribution in [0.1, 0.15) is 16.1 Å². The molecule has 1 aromatic heterocycles. The zero-order chi connectivity index (χ0) is 23.8. The fraction of sp³-hybridized carbons (Fsp3) is 0.115. The molecule has 0 aliphatic carbocycles. The number of aromatic amines is 1. The maximum atomic E-state index is 12.8. The first-order chi connectivity index (χ1) is 16.6. The Morgan fingerprint density at radius 1 is 1.06 bits per heavy atom. The van der Waals surface area contributed by atoms with E-state index in [0.29, 0.717) is 29.5 Å². The van der Waals surface area contributed by atoms with Gasteiger partial charge in [-0.1, -0.05) is 41.9 Å². The standard InChI is InChI=1S/C26H24ClN5O2/c1-34-24-11-7-19(8-12-24)18-5-9-22(10-6-18)31-26(29-14-13-23-16-28-17-30-23)32-25(33)20-3-2-4-21(27)15-20/h2-12,15-17H,13-14H2,1H3,(H,28,30)(H2,29,31,32,33). The molecule has 1 heterocycles. The lowest BCUT2D eigenvalue weighted by atomic mass is 10.1. The summed E-state index contributed by atoms with van der Waals surface area (Å²) in [6, 6.07) is 22.5. The Hall–Kier alpha value is -4.10. The van der Waals surface area contributed by atoms with Gasteiger partial charge in [-0.25, -0.2) is 4.98 Å². The van der Waals surface area contributed by atoms with Crippen LogP contribution in [0.5, 0.6) is 5.75 Å². The molecule has 0 bridgehead atoms. The van der Waals surface area contributed by atoms with Crippen molar-refractivity contribution in [3.63, 3.8) is 0 Å². The van der Waals surface area contributed by atoms with E-state index in [2.05, 4.69) is 25.6 Å². The number of halogens is 1. The van der Waals surface area contributed by atoms with E-state index in [9.17, 15) is 4.79 Å². The summed E-state index contributed by atoms with van der Waals surface area (Å²) in [6.45, 7) is 0.463. The summed E-state index contributed by atoms with van der Waals surface area (Å²) in [4.78, 5) is 24.4. The van der Waals surface area contributed by atoms with Gasteiger partial charge in [-0.3, -0.25) is 15.1 Å². The molecule has 3 aromatic carbocycles. The molecule has 0 atom stereocenters. The predicted octanol–water partition coefficient (Wildman–Crippen LogP) is 5.18. The van der Waals surface area contributed by atoms with Gasteiger partial charge in [0.2, 0.25) is 5.96 Å². The molecule has 4 aromatic rings. The van der Waals surface area contributed by atoms with Crippen molar-refractivity contribution in [1.29, 1.82) is 0 Å². The van der Waals surface area contributed by atoms with Crippen molar-refractivity contribution in [2.24, 2.45) is 4.99 Å². The molecule has 0 aliphatic rings. The quantitative estimate of drug-likeness (QED) is 0.255. The van der Waals surface area contributed by atoms with Crippen LogP contribution in [0.15, 0.2) is 90.3 Å². The lowest BCUT2D eigenvalue weighted by Crippen LogP contribution is -2.36. The molecule has 8 heteroatoms. The maximum absolute atomic E-state index is 12.8. The van der Waals surface area contributed by atoms with Crippen molar-refractivity contribution in [1.82, 2.24) is 15.3 Å². The Balaban J connectivity index is 1.48. The van der Waals surface area contributed by atoms with Crippen molar-refractivity contribution in [2.45, 2.75) is 6.42 Å². The van der Waals surface area contributed by atoms with Gasteiger partial charge in [0.05, 0.1) is 13.4 Å². The number of carbonyl (C=O) groups excluding carboxylic acids is 1. The van der Waals surface area contributed by atoms with Gasteiger partial charge in [-0.2, -0.15) is 0 Å². The molecule has 0 saturated heterocycles. The predicted molar refractivity (Wildman–Crippen MR) is 136 cm³/mol. The highest BCUT2D eigenvalue weighted by molar-refractivity contribution is 6.31. The molecule has 0 fully saturated rings. The van der Waals surface area contributed by atoms with Crippen molar-refractivity contribution in [3.05, 3.63) is 102 Å². The van der Waals surface area contributed by atoms with Crippen molar-refractivity contribution >= 4 is 29.2 Å². The molecule has 0 unspecified atom stereocenters. The van der Waals surface area contributed by atoms with E-state index in [1.54, 1.807) is 43.9 Å². The Morgan fingerprint density at radius 2 is 1.79 bits per heavy atom. The topological polar surface area (TPSA) is 91.4 Å². The minimum Gasteiger partial charge on any atom is -0.497 e. The van der Waals surface area contributed by atoms with E-state index in [-0.39, 0.29) is 5.91 Å². The maximum Gasteiger partial charge on any atom is 0.258 e. The smallest absolute Gasteiger partial charge is 0.258 e. The lowest BCUT2D eigenvalue weighted by molar-refractivity contribution is 0.0977. The SMILES string of the molecule is COc1ccc(-c2ccc(NC(=NCCc3cnc[nH]3)NC(=O)c3cccc(Cl)c3)cc2)cc1. The fourth-order valence-corrected chi connectivity index (χ4v) is 3.49. The number of H-pyrrole nitrogens is 1. The number of methoxy groups -OCH3 is 1. The summed E-state index contributed by atoms with van der Waals surface area (Å²) in [7, 11) is 1.65. The largest absolute Gasteiger partial charge is 0.497 e. The second-order valence-electron chi connectivity index (χ2n) is 7.45. The van der Waals surface area contributed by atoms with Crippen LogP contribution in [-0.2, 0) is 6.42 Å². The number of benzene rings is 3. The van der Waals surface area contributed by atoms with Crippen LogP contribution < -0.4 is 15.4 Å². The van der Waals surface area contributed by atoms with Crippen LogP contribution in [0, 0.1) is 0 Å². The molecule has 172 valence electrons. The average molecular weight is 474 g/mol. The number of anilines is 1. The molecular formula is C26H24ClN5O2. The third kappa shape index (κ3) is 6.24. The van der Waals surface area contributed by atoms with E-state index >= 15 is 0 Å². The normalized spacial score (nSPS) is 11.2. The summed E-state index contributed by atoms with van der Waals surface area (Å²) in [6.07, 6.45) is 4.04. The first kappa shape index (κ1) is 23.1. The van der Waals surface area contributed by atoms with Crippen molar-refractivity contribution < 1.29 is 9.53 Å². The second kappa shape index (κ2) is 11.2. The summed E-state index contributed by atoms with van der Waals surface area (Å²) in [5.74, 6) is 0.861. The van der Waals surface area contributed by atoms with E-state index < -0.39 is 0 Å². The Kier molecular flexibility index (Phi) is 7.57. The molecule has 7 nitrogen and oxygen atoms in total. The third-order valence-electron chi connectivity index (χ3n) is 5.10. The highest BCUT2D eigenvalue weighted by Gasteiger charge is 2.10. The van der Waals surface area contributed by atoms with E-state index in [1.165, 1.54) is 0 Å². The molecule has 4 rings (SSSR count). The van der Waals surface area contributed by atoms with Crippen LogP contribution in [0.25, 0.3) is 11.1 Å². The Morgan fingerprint density at radius 3 is 2.44 bits per heavy atom. The van der Waals surface area contributed by atoms with E-state index in [4.69, 9.17) is 16.3 Å². The molecule has 0 radical (unpaired) electrons. The number of ether oxygens (including phenoxy) is 1. The van der Waals surface area contributed by atoms with Gasteiger partial charge in [0.15, 0.2) is 0 Å². The van der Waals surface area contributed by atoms with E-state index in [0.717, 1.165) is 28.3 Å². The highest BCUT2D eigenvalue weighted by atomic mass is 35.5. The van der Waals surface area contributed by atoms with Crippen LogP contribution in [0.4, 0.5) is 5.69 Å². The van der Waals surface area contributed by atoms with Gasteiger partial charge < -0.3 is 15.0 Å². The van der Waals surface area contributed by atoms with Gasteiger partial charge in [-0.05, 0) is 53.6 Å². The zero-order valence-corrected chi connectivity index (χ0v) is 19.3. The summed E-state index contributed by atoms with van der Waals surface area (Å²) >= 11 is 6.04. The number of rotatable bonds is 7. The van der Waals surface area contributed by atoms with Crippen molar-refractivity contribution in [2.75, 3.05) is 19.0 Å². The van der Waals surface area contributed by atoms with Crippen LogP contribution in [0.3, 0.4) is 0 Å². The lowest BCUT2D eigenvalue weighted by Gasteiger charge is -2.13. The summed E-state index contributed by atoms with van der Waals surface area (Å²) in [5.41, 5.74) is 4.35. The number of hydrogen-bond donors (Lipinski definition) is 3. The number of nitrogens with zero attached hydrogens (tertiary/aromatic N) is 2. The molecule has 0 aliphatic heterocycles. The third-order valence-corrected chi connectivity index (χ3v) is 5.33. The average Bonchev–Trinajstić information content (AvgIpc) is 3.38. The van der Waals surface area contributed by atoms with E-state index in [1.807, 2.05) is 48.5 Å². The minimum absolute atomic E-state index is 0.301. The number of guanidine groups is 1. The van der Waals surface area contributed by atoms with Gasteiger partial charge in [-0.15, -0.1) is 0 Å². The Bertz CT molecular complexity index is 1250. The number of nitrogens with one attached hydrogen (secondary N) is 3. The number of aromatic nitrogens is 2. The van der Waals surface area contributed by atoms with Gasteiger partial charge in [0.25, 0.3) is 5.91 Å². The van der Waals surface area contributed by atoms with Gasteiger partial charge >= 0.3 is 0 Å². The fourth-order valence-electron chi connectivity index (χ4n) is 3.30. The molecular weight excluding hydrogens is 450 g/mol. The molecule has 3 N–H and O–H groups in total.